The maximum Gasteiger partial charge on any atom is 0.227 e. The Bertz CT molecular complexity index is 701. The molecule has 0 saturated carbocycles. The topological polar surface area (TPSA) is 94.5 Å². The van der Waals surface area contributed by atoms with Crippen LogP contribution in [0.25, 0.3) is 11.4 Å². The highest BCUT2D eigenvalue weighted by Crippen LogP contribution is 2.20. The molecule has 1 heterocycles. The van der Waals surface area contributed by atoms with Crippen molar-refractivity contribution in [2.45, 2.75) is 26.7 Å². The van der Waals surface area contributed by atoms with Gasteiger partial charge in [0.25, 0.3) is 0 Å². The monoisotopic (exact) mass is 382 g/mol. The lowest BCUT2D eigenvalue weighted by Crippen LogP contribution is -2.39. The molecule has 0 aliphatic rings. The van der Waals surface area contributed by atoms with Crippen molar-refractivity contribution in [2.24, 2.45) is 11.1 Å². The first kappa shape index (κ1) is 21.9. The Hall–Kier alpha value is -2.12. The molecule has 7 nitrogen and oxygen atoms in total. The summed E-state index contributed by atoms with van der Waals surface area (Å²) >= 11 is 0. The second-order valence-electron chi connectivity index (χ2n) is 6.86. The summed E-state index contributed by atoms with van der Waals surface area (Å²) in [5.74, 6) is 1.75. The van der Waals surface area contributed by atoms with Crippen molar-refractivity contribution in [3.8, 4) is 17.1 Å². The number of methoxy groups -OCH3 is 1. The van der Waals surface area contributed by atoms with Crippen LogP contribution >= 0.6 is 12.4 Å². The molecule has 2 N–H and O–H groups in total. The molecule has 8 heteroatoms. The number of amides is 1. The van der Waals surface area contributed by atoms with Crippen LogP contribution < -0.4 is 10.5 Å². The van der Waals surface area contributed by atoms with Crippen molar-refractivity contribution in [3.05, 3.63) is 30.2 Å². The molecular weight excluding hydrogens is 356 g/mol. The third-order valence-corrected chi connectivity index (χ3v) is 4.01. The Labute approximate surface area is 160 Å². The summed E-state index contributed by atoms with van der Waals surface area (Å²) in [6.45, 7) is 5.22. The van der Waals surface area contributed by atoms with Gasteiger partial charge in [-0.05, 0) is 36.2 Å². The van der Waals surface area contributed by atoms with Crippen molar-refractivity contribution in [1.82, 2.24) is 15.0 Å². The van der Waals surface area contributed by atoms with Crippen LogP contribution in [0.15, 0.2) is 28.8 Å². The zero-order valence-corrected chi connectivity index (χ0v) is 16.5. The van der Waals surface area contributed by atoms with Crippen LogP contribution in [0.3, 0.4) is 0 Å². The van der Waals surface area contributed by atoms with E-state index in [0.717, 1.165) is 11.3 Å². The lowest BCUT2D eigenvalue weighted by Gasteiger charge is -2.29. The zero-order chi connectivity index (χ0) is 18.4. The molecule has 1 aromatic heterocycles. The number of hydrogen-bond donors (Lipinski definition) is 1. The normalized spacial score (nSPS) is 11.0. The second kappa shape index (κ2) is 9.54. The number of nitrogens with two attached hydrogens (primary N) is 1. The van der Waals surface area contributed by atoms with E-state index in [1.54, 1.807) is 19.1 Å². The molecule has 0 spiro atoms. The van der Waals surface area contributed by atoms with Gasteiger partial charge in [-0.2, -0.15) is 4.98 Å². The van der Waals surface area contributed by atoms with Crippen molar-refractivity contribution in [3.63, 3.8) is 0 Å². The summed E-state index contributed by atoms with van der Waals surface area (Å²) in [4.78, 5) is 18.3. The second-order valence-corrected chi connectivity index (χ2v) is 6.86. The minimum Gasteiger partial charge on any atom is -0.497 e. The van der Waals surface area contributed by atoms with Crippen LogP contribution in [0.1, 0.15) is 26.2 Å². The minimum atomic E-state index is -0.101. The van der Waals surface area contributed by atoms with E-state index in [1.165, 1.54) is 0 Å². The Morgan fingerprint density at radius 3 is 2.54 bits per heavy atom. The first-order valence-electron chi connectivity index (χ1n) is 8.25. The highest BCUT2D eigenvalue weighted by atomic mass is 35.5. The molecule has 0 bridgehead atoms. The molecule has 0 unspecified atom stereocenters. The molecule has 0 saturated heterocycles. The van der Waals surface area contributed by atoms with Gasteiger partial charge in [-0.3, -0.25) is 4.79 Å². The molecule has 0 radical (unpaired) electrons. The van der Waals surface area contributed by atoms with Gasteiger partial charge in [-0.1, -0.05) is 19.0 Å². The predicted octanol–water partition coefficient (Wildman–Crippen LogP) is 2.54. The van der Waals surface area contributed by atoms with E-state index in [-0.39, 0.29) is 23.7 Å². The van der Waals surface area contributed by atoms with E-state index < -0.39 is 0 Å². The maximum atomic E-state index is 12.2. The number of carbonyl (C=O) groups is 1. The minimum absolute atomic E-state index is 0. The van der Waals surface area contributed by atoms with E-state index in [0.29, 0.717) is 37.6 Å². The van der Waals surface area contributed by atoms with Gasteiger partial charge in [0, 0.05) is 32.0 Å². The molecule has 2 aromatic rings. The summed E-state index contributed by atoms with van der Waals surface area (Å²) in [6, 6.07) is 7.40. The molecule has 144 valence electrons. The standard InChI is InChI=1S/C18H26N4O3.ClH/c1-18(2,11-19)12-22(3)16(23)10-9-15-20-17(21-25-15)13-5-7-14(24-4)8-6-13;/h5-8H,9-12,19H2,1-4H3;1H. The van der Waals surface area contributed by atoms with Crippen molar-refractivity contribution in [1.29, 1.82) is 0 Å². The number of carbonyl (C=O) groups excluding carboxylic acids is 1. The number of nitrogens with zero attached hydrogens (tertiary/aromatic N) is 3. The quantitative estimate of drug-likeness (QED) is 0.753. The van der Waals surface area contributed by atoms with E-state index in [1.807, 2.05) is 38.1 Å². The van der Waals surface area contributed by atoms with Crippen LogP contribution in [0.2, 0.25) is 0 Å². The van der Waals surface area contributed by atoms with Gasteiger partial charge in [-0.15, -0.1) is 12.4 Å². The summed E-state index contributed by atoms with van der Waals surface area (Å²) < 4.78 is 10.4. The zero-order valence-electron chi connectivity index (χ0n) is 15.7. The number of rotatable bonds is 8. The van der Waals surface area contributed by atoms with Crippen LogP contribution in [0, 0.1) is 5.41 Å². The molecule has 2 rings (SSSR count). The molecular formula is C18H27ClN4O3. The van der Waals surface area contributed by atoms with Crippen LogP contribution in [0.5, 0.6) is 5.75 Å². The van der Waals surface area contributed by atoms with E-state index >= 15 is 0 Å². The smallest absolute Gasteiger partial charge is 0.227 e. The van der Waals surface area contributed by atoms with Crippen molar-refractivity contribution < 1.29 is 14.1 Å². The SMILES string of the molecule is COc1ccc(-c2noc(CCC(=O)N(C)CC(C)(C)CN)n2)cc1.Cl. The number of benzene rings is 1. The van der Waals surface area contributed by atoms with Gasteiger partial charge in [0.15, 0.2) is 0 Å². The molecule has 26 heavy (non-hydrogen) atoms. The van der Waals surface area contributed by atoms with Gasteiger partial charge in [0.05, 0.1) is 7.11 Å². The first-order chi connectivity index (χ1) is 11.8. The average Bonchev–Trinajstić information content (AvgIpc) is 3.08. The average molecular weight is 383 g/mol. The number of aryl methyl sites for hydroxylation is 1. The molecule has 0 aliphatic carbocycles. The Morgan fingerprint density at radius 2 is 1.96 bits per heavy atom. The molecule has 1 aromatic carbocycles. The highest BCUT2D eigenvalue weighted by molar-refractivity contribution is 5.85. The molecule has 0 aliphatic heterocycles. The largest absolute Gasteiger partial charge is 0.497 e. The van der Waals surface area contributed by atoms with E-state index in [2.05, 4.69) is 10.1 Å². The Kier molecular flexibility index (Phi) is 8.05. The lowest BCUT2D eigenvalue weighted by molar-refractivity contribution is -0.131. The summed E-state index contributed by atoms with van der Waals surface area (Å²) in [6.07, 6.45) is 0.733. The number of ether oxygens (including phenoxy) is 1. The van der Waals surface area contributed by atoms with Gasteiger partial charge >= 0.3 is 0 Å². The fourth-order valence-electron chi connectivity index (χ4n) is 2.41. The van der Waals surface area contributed by atoms with Gasteiger partial charge in [0.2, 0.25) is 17.6 Å². The van der Waals surface area contributed by atoms with Crippen molar-refractivity contribution in [2.75, 3.05) is 27.2 Å². The number of hydrogen-bond acceptors (Lipinski definition) is 6. The Morgan fingerprint density at radius 1 is 1.31 bits per heavy atom. The summed E-state index contributed by atoms with van der Waals surface area (Å²) in [5, 5.41) is 3.97. The molecule has 1 amide bonds. The lowest BCUT2D eigenvalue weighted by atomic mass is 9.93. The van der Waals surface area contributed by atoms with E-state index in [4.69, 9.17) is 15.0 Å². The third-order valence-electron chi connectivity index (χ3n) is 4.01. The number of halogens is 1. The predicted molar refractivity (Wildman–Crippen MR) is 102 cm³/mol. The van der Waals surface area contributed by atoms with Crippen LogP contribution in [0.4, 0.5) is 0 Å². The maximum absolute atomic E-state index is 12.2. The first-order valence-corrected chi connectivity index (χ1v) is 8.25. The summed E-state index contributed by atoms with van der Waals surface area (Å²) in [7, 11) is 3.40. The fraction of sp³-hybridized carbons (Fsp3) is 0.500. The Balaban J connectivity index is 0.00000338. The van der Waals surface area contributed by atoms with E-state index in [9.17, 15) is 4.79 Å². The van der Waals surface area contributed by atoms with Crippen molar-refractivity contribution >= 4 is 18.3 Å². The van der Waals surface area contributed by atoms with Gasteiger partial charge in [-0.25, -0.2) is 0 Å². The van der Waals surface area contributed by atoms with Gasteiger partial charge in [0.1, 0.15) is 5.75 Å². The van der Waals surface area contributed by atoms with Crippen LogP contribution in [-0.2, 0) is 11.2 Å². The van der Waals surface area contributed by atoms with Gasteiger partial charge < -0.3 is 19.9 Å². The van der Waals surface area contributed by atoms with Crippen LogP contribution in [-0.4, -0.2) is 48.2 Å². The highest BCUT2D eigenvalue weighted by Gasteiger charge is 2.21. The fourth-order valence-corrected chi connectivity index (χ4v) is 2.41. The molecule has 0 fully saturated rings. The third kappa shape index (κ3) is 6.00. The summed E-state index contributed by atoms with van der Waals surface area (Å²) in [5.41, 5.74) is 6.45. The number of aromatic nitrogens is 2. The molecule has 0 atom stereocenters.